The van der Waals surface area contributed by atoms with Crippen LogP contribution in [-0.4, -0.2) is 70.4 Å². The third-order valence-electron chi connectivity index (χ3n) is 5.07. The molecule has 0 aliphatic carbocycles. The van der Waals surface area contributed by atoms with Gasteiger partial charge in [-0.2, -0.15) is 23.5 Å². The lowest BCUT2D eigenvalue weighted by Gasteiger charge is -2.55. The molecule has 0 atom stereocenters. The molecule has 0 N–H and O–H groups in total. The monoisotopic (exact) mass is 372 g/mol. The van der Waals surface area contributed by atoms with Gasteiger partial charge in [0, 0.05) is 36.7 Å². The van der Waals surface area contributed by atoms with Crippen molar-refractivity contribution in [2.75, 3.05) is 50.0 Å². The molecule has 3 aliphatic rings. The molecule has 3 rings (SSSR count). The summed E-state index contributed by atoms with van der Waals surface area (Å²) in [5.41, 5.74) is 0. The largest absolute Gasteiger partial charge is 0.341 e. The molecule has 5 heteroatoms. The average molecular weight is 373 g/mol. The van der Waals surface area contributed by atoms with E-state index in [-0.39, 0.29) is 0 Å². The van der Waals surface area contributed by atoms with Crippen LogP contribution in [0.1, 0.15) is 47.0 Å². The summed E-state index contributed by atoms with van der Waals surface area (Å²) in [6.45, 7) is 15.0. The number of hydrogen-bond donors (Lipinski definition) is 0. The van der Waals surface area contributed by atoms with Crippen molar-refractivity contribution in [2.45, 2.75) is 51.7 Å². The Morgan fingerprint density at radius 2 is 1.67 bits per heavy atom. The van der Waals surface area contributed by atoms with Crippen molar-refractivity contribution in [3.8, 4) is 0 Å². The highest BCUT2D eigenvalue weighted by Crippen LogP contribution is 2.47. The van der Waals surface area contributed by atoms with Gasteiger partial charge < -0.3 is 9.80 Å². The van der Waals surface area contributed by atoms with Gasteiger partial charge >= 0.3 is 0 Å². The van der Waals surface area contributed by atoms with Gasteiger partial charge in [0.1, 0.15) is 0 Å². The Labute approximate surface area is 157 Å². The molecule has 0 aromatic heterocycles. The van der Waals surface area contributed by atoms with Crippen LogP contribution in [0.3, 0.4) is 0 Å². The number of rotatable bonds is 6. The third-order valence-corrected chi connectivity index (χ3v) is 7.48. The Balaban J connectivity index is 0.000000174. The highest BCUT2D eigenvalue weighted by Gasteiger charge is 2.47. The first kappa shape index (κ1) is 20.4. The van der Waals surface area contributed by atoms with Crippen molar-refractivity contribution in [1.29, 1.82) is 0 Å². The van der Waals surface area contributed by atoms with Gasteiger partial charge in [-0.05, 0) is 43.4 Å². The summed E-state index contributed by atoms with van der Waals surface area (Å²) in [6.07, 6.45) is 3.99. The molecule has 3 heterocycles. The predicted molar refractivity (Wildman–Crippen MR) is 109 cm³/mol. The van der Waals surface area contributed by atoms with E-state index in [4.69, 9.17) is 0 Å². The van der Waals surface area contributed by atoms with Crippen molar-refractivity contribution in [3.05, 3.63) is 0 Å². The third kappa shape index (κ3) is 6.45. The Hall–Kier alpha value is 0.130. The van der Waals surface area contributed by atoms with Crippen molar-refractivity contribution in [3.63, 3.8) is 0 Å². The van der Waals surface area contributed by atoms with E-state index in [1.165, 1.54) is 38.2 Å². The molecule has 0 aromatic rings. The van der Waals surface area contributed by atoms with Crippen LogP contribution in [0.25, 0.3) is 0 Å². The molecule has 1 spiro atoms. The Morgan fingerprint density at radius 1 is 1.04 bits per heavy atom. The van der Waals surface area contributed by atoms with E-state index < -0.39 is 0 Å². The van der Waals surface area contributed by atoms with Crippen LogP contribution in [0.15, 0.2) is 0 Å². The number of carbonyl (C=O) groups is 1. The minimum atomic E-state index is 0.326. The van der Waals surface area contributed by atoms with Crippen molar-refractivity contribution in [2.24, 2.45) is 11.8 Å². The van der Waals surface area contributed by atoms with Gasteiger partial charge in [-0.15, -0.1) is 0 Å². The molecule has 3 saturated heterocycles. The maximum atomic E-state index is 11.3. The van der Waals surface area contributed by atoms with Gasteiger partial charge in [0.15, 0.2) is 0 Å². The smallest absolute Gasteiger partial charge is 0.232 e. The molecular formula is C19H36N2OS2. The highest BCUT2D eigenvalue weighted by molar-refractivity contribution is 8.02. The number of hydrogen-bond acceptors (Lipinski definition) is 4. The maximum absolute atomic E-state index is 11.3. The zero-order valence-corrected chi connectivity index (χ0v) is 17.7. The van der Waals surface area contributed by atoms with E-state index >= 15 is 0 Å². The lowest BCUT2D eigenvalue weighted by atomic mass is 9.94. The number of thioether (sulfide) groups is 2. The molecule has 3 nitrogen and oxygen atoms in total. The Morgan fingerprint density at radius 3 is 2.17 bits per heavy atom. The molecule has 24 heavy (non-hydrogen) atoms. The van der Waals surface area contributed by atoms with Gasteiger partial charge in [0.05, 0.1) is 5.75 Å². The summed E-state index contributed by atoms with van der Waals surface area (Å²) in [4.78, 5) is 15.9. The van der Waals surface area contributed by atoms with Gasteiger partial charge in [-0.3, -0.25) is 4.79 Å². The zero-order valence-electron chi connectivity index (χ0n) is 16.1. The Kier molecular flexibility index (Phi) is 8.28. The quantitative estimate of drug-likeness (QED) is 0.707. The standard InChI is InChI=1S/C10H19NS.C9H17NOS/c1-9(2)3-5-11-7-10(8-11)4-6-12-10;1-8(2)3-4-10-5-6-12-7-9(10)11/h9H,3-8H2,1-2H3;8H,3-7H2,1-2H3. The summed E-state index contributed by atoms with van der Waals surface area (Å²) in [6, 6.07) is 0. The van der Waals surface area contributed by atoms with Crippen molar-refractivity contribution < 1.29 is 4.79 Å². The molecule has 0 unspecified atom stereocenters. The lowest BCUT2D eigenvalue weighted by Crippen LogP contribution is -2.63. The molecule has 0 aromatic carbocycles. The predicted octanol–water partition coefficient (Wildman–Crippen LogP) is 3.83. The van der Waals surface area contributed by atoms with Gasteiger partial charge in [0.25, 0.3) is 0 Å². The van der Waals surface area contributed by atoms with Gasteiger partial charge in [0.2, 0.25) is 5.91 Å². The number of likely N-dealkylation sites (tertiary alicyclic amines) is 1. The molecule has 140 valence electrons. The number of nitrogens with zero attached hydrogens (tertiary/aromatic N) is 2. The fraction of sp³-hybridized carbons (Fsp3) is 0.947. The van der Waals surface area contributed by atoms with Gasteiger partial charge in [-0.1, -0.05) is 27.7 Å². The second kappa shape index (κ2) is 9.72. The molecule has 0 radical (unpaired) electrons. The van der Waals surface area contributed by atoms with Crippen LogP contribution in [0, 0.1) is 11.8 Å². The summed E-state index contributed by atoms with van der Waals surface area (Å²) in [5, 5.41) is 0. The summed E-state index contributed by atoms with van der Waals surface area (Å²) < 4.78 is 0.747. The van der Waals surface area contributed by atoms with E-state index in [9.17, 15) is 4.79 Å². The SMILES string of the molecule is CC(C)CCN1CC2(CCS2)C1.CC(C)CCN1CCSCC1=O. The second-order valence-electron chi connectivity index (χ2n) is 8.29. The first-order valence-corrected chi connectivity index (χ1v) is 11.8. The summed E-state index contributed by atoms with van der Waals surface area (Å²) >= 11 is 3.94. The maximum Gasteiger partial charge on any atom is 0.232 e. The Bertz CT molecular complexity index is 389. The number of amides is 1. The van der Waals surface area contributed by atoms with Crippen LogP contribution in [0.5, 0.6) is 0 Å². The fourth-order valence-corrected chi connectivity index (χ4v) is 5.39. The minimum Gasteiger partial charge on any atom is -0.341 e. The fourth-order valence-electron chi connectivity index (χ4n) is 3.21. The average Bonchev–Trinajstić information content (AvgIpc) is 2.43. The van der Waals surface area contributed by atoms with E-state index in [0.29, 0.717) is 17.6 Å². The van der Waals surface area contributed by atoms with Crippen LogP contribution < -0.4 is 0 Å². The van der Waals surface area contributed by atoms with E-state index in [1.54, 1.807) is 11.8 Å². The normalized spacial score (nSPS) is 23.1. The highest BCUT2D eigenvalue weighted by atomic mass is 32.2. The van der Waals surface area contributed by atoms with Crippen LogP contribution in [0.2, 0.25) is 0 Å². The molecular weight excluding hydrogens is 336 g/mol. The van der Waals surface area contributed by atoms with Crippen LogP contribution in [-0.2, 0) is 4.79 Å². The molecule has 1 amide bonds. The zero-order chi connectivity index (χ0) is 17.6. The summed E-state index contributed by atoms with van der Waals surface area (Å²) in [5.74, 6) is 5.12. The van der Waals surface area contributed by atoms with E-state index in [1.807, 2.05) is 4.90 Å². The molecule has 3 aliphatic heterocycles. The first-order valence-electron chi connectivity index (χ1n) is 9.62. The first-order chi connectivity index (χ1) is 11.4. The lowest BCUT2D eigenvalue weighted by molar-refractivity contribution is -0.128. The molecule has 0 saturated carbocycles. The topological polar surface area (TPSA) is 23.6 Å². The molecule has 3 fully saturated rings. The second-order valence-corrected chi connectivity index (χ2v) is 11.0. The number of carbonyl (C=O) groups excluding carboxylic acids is 1. The van der Waals surface area contributed by atoms with Crippen LogP contribution in [0.4, 0.5) is 0 Å². The van der Waals surface area contributed by atoms with Gasteiger partial charge in [-0.25, -0.2) is 0 Å². The minimum absolute atomic E-state index is 0.326. The molecule has 0 bridgehead atoms. The van der Waals surface area contributed by atoms with Crippen molar-refractivity contribution in [1.82, 2.24) is 9.80 Å². The van der Waals surface area contributed by atoms with Crippen LogP contribution >= 0.6 is 23.5 Å². The van der Waals surface area contributed by atoms with E-state index in [0.717, 1.165) is 35.9 Å². The van der Waals surface area contributed by atoms with Crippen molar-refractivity contribution >= 4 is 29.4 Å². The summed E-state index contributed by atoms with van der Waals surface area (Å²) in [7, 11) is 0. The van der Waals surface area contributed by atoms with E-state index in [2.05, 4.69) is 44.4 Å².